The summed E-state index contributed by atoms with van der Waals surface area (Å²) in [5.41, 5.74) is 7.81. The fraction of sp³-hybridized carbons (Fsp3) is 0.391. The van der Waals surface area contributed by atoms with Crippen molar-refractivity contribution in [3.63, 3.8) is 0 Å². The summed E-state index contributed by atoms with van der Waals surface area (Å²) in [5.74, 6) is 0.251. The maximum Gasteiger partial charge on any atom is 0.321 e. The number of carbonyl (C=O) groups is 2. The predicted octanol–water partition coefficient (Wildman–Crippen LogP) is 4.28. The molecular formula is C23H25ClN4O2. The Balaban J connectivity index is 1.31. The normalized spacial score (nSPS) is 22.7. The molecule has 0 radical (unpaired) electrons. The van der Waals surface area contributed by atoms with Crippen molar-refractivity contribution in [2.75, 3.05) is 24.1 Å². The molecule has 2 aliphatic heterocycles. The minimum atomic E-state index is -0.412. The number of amides is 3. The maximum absolute atomic E-state index is 13.2. The Hall–Kier alpha value is -2.73. The molecule has 5 rings (SSSR count). The number of hydrogen-bond donors (Lipinski definition) is 2. The number of nitrogens with two attached hydrogens (primary N) is 1. The summed E-state index contributed by atoms with van der Waals surface area (Å²) in [4.78, 5) is 29.8. The Kier molecular flexibility index (Phi) is 4.62. The van der Waals surface area contributed by atoms with Crippen LogP contribution in [0.15, 0.2) is 48.5 Å². The second kappa shape index (κ2) is 7.20. The number of anilines is 2. The number of benzene rings is 2. The van der Waals surface area contributed by atoms with E-state index in [4.69, 9.17) is 17.3 Å². The van der Waals surface area contributed by atoms with Gasteiger partial charge in [0.05, 0.1) is 11.5 Å². The molecule has 7 heteroatoms. The van der Waals surface area contributed by atoms with Gasteiger partial charge in [-0.3, -0.25) is 4.79 Å². The number of nitrogens with one attached hydrogen (secondary N) is 1. The number of hydrogen-bond acceptors (Lipinski definition) is 3. The Morgan fingerprint density at radius 2 is 1.80 bits per heavy atom. The van der Waals surface area contributed by atoms with Gasteiger partial charge >= 0.3 is 6.03 Å². The highest BCUT2D eigenvalue weighted by atomic mass is 35.5. The van der Waals surface area contributed by atoms with Crippen LogP contribution in [0.2, 0.25) is 5.02 Å². The van der Waals surface area contributed by atoms with Crippen molar-refractivity contribution in [3.05, 3.63) is 59.1 Å². The molecule has 0 aromatic heterocycles. The van der Waals surface area contributed by atoms with Gasteiger partial charge < -0.3 is 20.9 Å². The van der Waals surface area contributed by atoms with Crippen LogP contribution in [0, 0.1) is 5.41 Å². The SMILES string of the molecule is Nc1cccc(NC(=O)N2CCC3(CC2)C(=O)N(C2CC2)C3c2ccc(Cl)cc2)c1. The Bertz CT molecular complexity index is 981. The summed E-state index contributed by atoms with van der Waals surface area (Å²) in [6, 6.07) is 15.3. The van der Waals surface area contributed by atoms with Gasteiger partial charge in [0.1, 0.15) is 0 Å². The smallest absolute Gasteiger partial charge is 0.321 e. The number of β-lactam (4-membered cyclic amide) rings is 1. The number of carbonyl (C=O) groups excluding carboxylic acids is 2. The lowest BCUT2D eigenvalue weighted by Crippen LogP contribution is -2.67. The van der Waals surface area contributed by atoms with Crippen molar-refractivity contribution in [3.8, 4) is 0 Å². The molecule has 1 unspecified atom stereocenters. The monoisotopic (exact) mass is 424 g/mol. The molecule has 1 spiro atoms. The summed E-state index contributed by atoms with van der Waals surface area (Å²) < 4.78 is 0. The van der Waals surface area contributed by atoms with Crippen LogP contribution >= 0.6 is 11.6 Å². The lowest BCUT2D eigenvalue weighted by atomic mass is 9.62. The minimum Gasteiger partial charge on any atom is -0.399 e. The van der Waals surface area contributed by atoms with Crippen LogP contribution in [0.25, 0.3) is 0 Å². The lowest BCUT2D eigenvalue weighted by Gasteiger charge is -2.59. The van der Waals surface area contributed by atoms with E-state index in [1.807, 2.05) is 36.4 Å². The zero-order valence-corrected chi connectivity index (χ0v) is 17.4. The highest BCUT2D eigenvalue weighted by Crippen LogP contribution is 2.59. The molecule has 6 nitrogen and oxygen atoms in total. The van der Waals surface area contributed by atoms with E-state index in [0.717, 1.165) is 18.4 Å². The molecule has 30 heavy (non-hydrogen) atoms. The topological polar surface area (TPSA) is 78.7 Å². The van der Waals surface area contributed by atoms with Crippen molar-refractivity contribution in [1.82, 2.24) is 9.80 Å². The number of likely N-dealkylation sites (tertiary alicyclic amines) is 2. The number of halogens is 1. The van der Waals surface area contributed by atoms with Crippen molar-refractivity contribution >= 4 is 34.9 Å². The summed E-state index contributed by atoms with van der Waals surface area (Å²) in [7, 11) is 0. The molecule has 1 atom stereocenters. The van der Waals surface area contributed by atoms with Gasteiger partial charge in [0.25, 0.3) is 0 Å². The van der Waals surface area contributed by atoms with Crippen LogP contribution in [0.1, 0.15) is 37.3 Å². The Morgan fingerprint density at radius 1 is 1.10 bits per heavy atom. The largest absolute Gasteiger partial charge is 0.399 e. The zero-order valence-electron chi connectivity index (χ0n) is 16.7. The first-order chi connectivity index (χ1) is 14.5. The number of nitrogen functional groups attached to an aromatic ring is 1. The average molecular weight is 425 g/mol. The minimum absolute atomic E-state index is 0.0777. The Labute approximate surface area is 181 Å². The third kappa shape index (κ3) is 3.19. The number of urea groups is 1. The summed E-state index contributed by atoms with van der Waals surface area (Å²) in [6.45, 7) is 1.12. The van der Waals surface area contributed by atoms with Crippen molar-refractivity contribution in [2.45, 2.75) is 37.8 Å². The molecule has 2 saturated heterocycles. The van der Waals surface area contributed by atoms with Gasteiger partial charge in [-0.1, -0.05) is 29.8 Å². The molecule has 3 fully saturated rings. The molecule has 1 saturated carbocycles. The molecule has 156 valence electrons. The van der Waals surface area contributed by atoms with Crippen LogP contribution in [0.3, 0.4) is 0 Å². The molecule has 2 aromatic rings. The summed E-state index contributed by atoms with van der Waals surface area (Å²) in [6.07, 6.45) is 3.51. The van der Waals surface area contributed by atoms with Gasteiger partial charge in [-0.15, -0.1) is 0 Å². The molecule has 3 aliphatic rings. The predicted molar refractivity (Wildman–Crippen MR) is 117 cm³/mol. The summed E-state index contributed by atoms with van der Waals surface area (Å²) >= 11 is 6.09. The van der Waals surface area contributed by atoms with Gasteiger partial charge in [0.15, 0.2) is 0 Å². The van der Waals surface area contributed by atoms with E-state index in [1.165, 1.54) is 0 Å². The van der Waals surface area contributed by atoms with Gasteiger partial charge in [-0.05, 0) is 61.6 Å². The van der Waals surface area contributed by atoms with Crippen LogP contribution in [0.4, 0.5) is 16.2 Å². The second-order valence-corrected chi connectivity index (χ2v) is 9.03. The lowest BCUT2D eigenvalue weighted by molar-refractivity contribution is -0.181. The first kappa shape index (κ1) is 19.2. The van der Waals surface area contributed by atoms with E-state index >= 15 is 0 Å². The molecular weight excluding hydrogens is 400 g/mol. The van der Waals surface area contributed by atoms with E-state index in [9.17, 15) is 9.59 Å². The highest BCUT2D eigenvalue weighted by Gasteiger charge is 2.64. The summed E-state index contributed by atoms with van der Waals surface area (Å²) in [5, 5.41) is 3.61. The van der Waals surface area contributed by atoms with Crippen molar-refractivity contribution in [2.24, 2.45) is 5.41 Å². The van der Waals surface area contributed by atoms with E-state index in [-0.39, 0.29) is 18.0 Å². The standard InChI is InChI=1S/C23H25ClN4O2/c24-16-6-4-15(5-7-16)20-23(21(29)28(20)19-8-9-19)10-12-27(13-11-23)22(30)26-18-3-1-2-17(25)14-18/h1-7,14,19-20H,8-13,25H2,(H,26,30). The van der Waals surface area contributed by atoms with Gasteiger partial charge in [0, 0.05) is 35.5 Å². The zero-order chi connectivity index (χ0) is 20.9. The third-order valence-corrected chi connectivity index (χ3v) is 6.92. The molecule has 2 heterocycles. The van der Waals surface area contributed by atoms with E-state index in [1.54, 1.807) is 17.0 Å². The van der Waals surface area contributed by atoms with Crippen LogP contribution in [-0.2, 0) is 4.79 Å². The molecule has 2 aromatic carbocycles. The fourth-order valence-corrected chi connectivity index (χ4v) is 5.09. The van der Waals surface area contributed by atoms with E-state index in [2.05, 4.69) is 10.2 Å². The maximum atomic E-state index is 13.2. The molecule has 0 bridgehead atoms. The number of rotatable bonds is 3. The first-order valence-electron chi connectivity index (χ1n) is 10.5. The van der Waals surface area contributed by atoms with Crippen molar-refractivity contribution < 1.29 is 9.59 Å². The highest BCUT2D eigenvalue weighted by molar-refractivity contribution is 6.30. The molecule has 3 N–H and O–H groups in total. The van der Waals surface area contributed by atoms with E-state index < -0.39 is 5.41 Å². The Morgan fingerprint density at radius 3 is 2.43 bits per heavy atom. The molecule has 3 amide bonds. The molecule has 1 aliphatic carbocycles. The second-order valence-electron chi connectivity index (χ2n) is 8.60. The van der Waals surface area contributed by atoms with Crippen LogP contribution in [-0.4, -0.2) is 40.9 Å². The first-order valence-corrected chi connectivity index (χ1v) is 10.9. The average Bonchev–Trinajstić information content (AvgIpc) is 3.57. The number of nitrogens with zero attached hydrogens (tertiary/aromatic N) is 2. The van der Waals surface area contributed by atoms with E-state index in [0.29, 0.717) is 48.4 Å². The van der Waals surface area contributed by atoms with Gasteiger partial charge in [0.2, 0.25) is 5.91 Å². The van der Waals surface area contributed by atoms with Crippen LogP contribution in [0.5, 0.6) is 0 Å². The van der Waals surface area contributed by atoms with Crippen molar-refractivity contribution in [1.29, 1.82) is 0 Å². The van der Waals surface area contributed by atoms with Crippen LogP contribution < -0.4 is 11.1 Å². The number of piperidine rings is 1. The van der Waals surface area contributed by atoms with Gasteiger partial charge in [-0.25, -0.2) is 4.79 Å². The third-order valence-electron chi connectivity index (χ3n) is 6.67. The quantitative estimate of drug-likeness (QED) is 0.570. The fourth-order valence-electron chi connectivity index (χ4n) is 4.96. The van der Waals surface area contributed by atoms with Gasteiger partial charge in [-0.2, -0.15) is 0 Å².